The number of hydrogen-bond donors (Lipinski definition) is 1. The highest BCUT2D eigenvalue weighted by molar-refractivity contribution is 6.30. The molecule has 0 spiro atoms. The number of rotatable bonds is 4. The first-order valence-electron chi connectivity index (χ1n) is 5.17. The number of nitrogens with one attached hydrogen (secondary N) is 1. The van der Waals surface area contributed by atoms with E-state index in [9.17, 15) is 9.59 Å². The molecule has 0 fully saturated rings. The fourth-order valence-electron chi connectivity index (χ4n) is 1.31. The lowest BCUT2D eigenvalue weighted by molar-refractivity contribution is -0.146. The van der Waals surface area contributed by atoms with E-state index in [4.69, 9.17) is 11.6 Å². The van der Waals surface area contributed by atoms with Crippen molar-refractivity contribution in [3.63, 3.8) is 0 Å². The van der Waals surface area contributed by atoms with Crippen molar-refractivity contribution in [2.45, 2.75) is 19.9 Å². The minimum absolute atomic E-state index is 0.184. The van der Waals surface area contributed by atoms with E-state index in [1.54, 1.807) is 12.1 Å². The largest absolute Gasteiger partial charge is 0.456 e. The van der Waals surface area contributed by atoms with Gasteiger partial charge >= 0.3 is 5.97 Å². The highest BCUT2D eigenvalue weighted by Crippen LogP contribution is 2.17. The van der Waals surface area contributed by atoms with Crippen molar-refractivity contribution in [3.8, 4) is 0 Å². The van der Waals surface area contributed by atoms with Gasteiger partial charge in [-0.1, -0.05) is 23.7 Å². The summed E-state index contributed by atoms with van der Waals surface area (Å²) in [4.78, 5) is 21.9. The molecule has 1 atom stereocenters. The molecule has 1 rings (SSSR count). The van der Waals surface area contributed by atoms with Crippen LogP contribution in [-0.4, -0.2) is 18.5 Å². The van der Waals surface area contributed by atoms with Gasteiger partial charge < -0.3 is 10.1 Å². The third kappa shape index (κ3) is 4.87. The monoisotopic (exact) mass is 255 g/mol. The topological polar surface area (TPSA) is 55.4 Å². The quantitative estimate of drug-likeness (QED) is 0.838. The maximum atomic E-state index is 11.4. The van der Waals surface area contributed by atoms with Gasteiger partial charge in [-0.25, -0.2) is 0 Å². The predicted octanol–water partition coefficient (Wildman–Crippen LogP) is 2.08. The van der Waals surface area contributed by atoms with Crippen LogP contribution in [0.5, 0.6) is 0 Å². The second kappa shape index (κ2) is 6.25. The van der Waals surface area contributed by atoms with Gasteiger partial charge in [-0.05, 0) is 24.6 Å². The molecular weight excluding hydrogens is 242 g/mol. The van der Waals surface area contributed by atoms with Crippen LogP contribution in [0.1, 0.15) is 25.5 Å². The molecule has 0 saturated carbocycles. The van der Waals surface area contributed by atoms with Crippen molar-refractivity contribution in [2.24, 2.45) is 0 Å². The number of carbonyl (C=O) groups excluding carboxylic acids is 2. The number of esters is 1. The Labute approximate surface area is 105 Å². The number of carbonyl (C=O) groups is 2. The van der Waals surface area contributed by atoms with Crippen LogP contribution < -0.4 is 5.32 Å². The molecule has 17 heavy (non-hydrogen) atoms. The van der Waals surface area contributed by atoms with Gasteiger partial charge in [-0.15, -0.1) is 0 Å². The fourth-order valence-corrected chi connectivity index (χ4v) is 1.51. The van der Waals surface area contributed by atoms with Crippen molar-refractivity contribution in [3.05, 3.63) is 34.9 Å². The molecule has 0 aliphatic heterocycles. The van der Waals surface area contributed by atoms with E-state index in [2.05, 4.69) is 10.1 Å². The number of amides is 1. The molecular formula is C12H14ClNO3. The highest BCUT2D eigenvalue weighted by Gasteiger charge is 2.10. The molecule has 0 bridgehead atoms. The Hall–Kier alpha value is -1.55. The summed E-state index contributed by atoms with van der Waals surface area (Å²) in [6.07, 6.45) is 0. The summed E-state index contributed by atoms with van der Waals surface area (Å²) in [6.45, 7) is 2.82. The van der Waals surface area contributed by atoms with E-state index in [1.165, 1.54) is 6.92 Å². The van der Waals surface area contributed by atoms with Gasteiger partial charge in [0.1, 0.15) is 0 Å². The van der Waals surface area contributed by atoms with Crippen LogP contribution in [0, 0.1) is 0 Å². The molecule has 0 saturated heterocycles. The van der Waals surface area contributed by atoms with E-state index in [0.29, 0.717) is 5.02 Å². The third-order valence-corrected chi connectivity index (χ3v) is 2.37. The van der Waals surface area contributed by atoms with Crippen LogP contribution in [-0.2, 0) is 14.3 Å². The first-order valence-corrected chi connectivity index (χ1v) is 5.55. The smallest absolute Gasteiger partial charge is 0.303 e. The minimum Gasteiger partial charge on any atom is -0.456 e. The molecule has 0 aliphatic rings. The average Bonchev–Trinajstić information content (AvgIpc) is 2.26. The van der Waals surface area contributed by atoms with Gasteiger partial charge in [0.2, 0.25) is 0 Å². The van der Waals surface area contributed by atoms with Gasteiger partial charge in [0.05, 0.1) is 6.04 Å². The lowest BCUT2D eigenvalue weighted by Crippen LogP contribution is -2.30. The van der Waals surface area contributed by atoms with Crippen LogP contribution in [0.3, 0.4) is 0 Å². The number of ether oxygens (including phenoxy) is 1. The maximum absolute atomic E-state index is 11.4. The molecule has 1 amide bonds. The molecule has 1 aromatic rings. The van der Waals surface area contributed by atoms with Gasteiger partial charge in [0.15, 0.2) is 6.61 Å². The Morgan fingerprint density at radius 3 is 2.76 bits per heavy atom. The Balaban J connectivity index is 2.51. The van der Waals surface area contributed by atoms with Gasteiger partial charge in [-0.3, -0.25) is 9.59 Å². The SMILES string of the molecule is CC(=O)OCC(=O)N[C@H](C)c1cccc(Cl)c1. The zero-order valence-electron chi connectivity index (χ0n) is 9.70. The first-order chi connectivity index (χ1) is 7.99. The van der Waals surface area contributed by atoms with E-state index in [1.807, 2.05) is 19.1 Å². The zero-order chi connectivity index (χ0) is 12.8. The van der Waals surface area contributed by atoms with Crippen LogP contribution in [0.25, 0.3) is 0 Å². The highest BCUT2D eigenvalue weighted by atomic mass is 35.5. The standard InChI is InChI=1S/C12H14ClNO3/c1-8(10-4-3-5-11(13)6-10)14-12(16)7-17-9(2)15/h3-6,8H,7H2,1-2H3,(H,14,16)/t8-/m1/s1. The first kappa shape index (κ1) is 13.5. The molecule has 4 nitrogen and oxygen atoms in total. The van der Waals surface area contributed by atoms with Crippen LogP contribution in [0.4, 0.5) is 0 Å². The summed E-state index contributed by atoms with van der Waals surface area (Å²) in [6, 6.07) is 7.03. The summed E-state index contributed by atoms with van der Waals surface area (Å²) in [5.41, 5.74) is 0.897. The summed E-state index contributed by atoms with van der Waals surface area (Å²) >= 11 is 5.85. The minimum atomic E-state index is -0.476. The van der Waals surface area contributed by atoms with Crippen molar-refractivity contribution in [1.29, 1.82) is 0 Å². The predicted molar refractivity (Wildman–Crippen MR) is 64.6 cm³/mol. The molecule has 1 N–H and O–H groups in total. The van der Waals surface area contributed by atoms with Crippen LogP contribution in [0.2, 0.25) is 5.02 Å². The second-order valence-electron chi connectivity index (χ2n) is 3.62. The number of hydrogen-bond acceptors (Lipinski definition) is 3. The van der Waals surface area contributed by atoms with Gasteiger partial charge in [0.25, 0.3) is 5.91 Å². The lowest BCUT2D eigenvalue weighted by Gasteiger charge is -2.14. The van der Waals surface area contributed by atoms with E-state index in [-0.39, 0.29) is 18.6 Å². The normalized spacial score (nSPS) is 11.7. The van der Waals surface area contributed by atoms with Gasteiger partial charge in [-0.2, -0.15) is 0 Å². The molecule has 5 heteroatoms. The molecule has 0 aromatic heterocycles. The number of halogens is 1. The maximum Gasteiger partial charge on any atom is 0.303 e. The Morgan fingerprint density at radius 1 is 1.47 bits per heavy atom. The lowest BCUT2D eigenvalue weighted by atomic mass is 10.1. The average molecular weight is 256 g/mol. The Morgan fingerprint density at radius 2 is 2.18 bits per heavy atom. The van der Waals surface area contributed by atoms with Crippen LogP contribution in [0.15, 0.2) is 24.3 Å². The summed E-state index contributed by atoms with van der Waals surface area (Å²) < 4.78 is 4.59. The summed E-state index contributed by atoms with van der Waals surface area (Å²) in [7, 11) is 0. The summed E-state index contributed by atoms with van der Waals surface area (Å²) in [5.74, 6) is -0.816. The third-order valence-electron chi connectivity index (χ3n) is 2.13. The van der Waals surface area contributed by atoms with Crippen LogP contribution >= 0.6 is 11.6 Å². The Kier molecular flexibility index (Phi) is 4.97. The van der Waals surface area contributed by atoms with E-state index < -0.39 is 5.97 Å². The zero-order valence-corrected chi connectivity index (χ0v) is 10.5. The van der Waals surface area contributed by atoms with Crippen molar-refractivity contribution < 1.29 is 14.3 Å². The molecule has 0 heterocycles. The molecule has 0 aliphatic carbocycles. The Bertz CT molecular complexity index is 420. The van der Waals surface area contributed by atoms with Crippen molar-refractivity contribution in [1.82, 2.24) is 5.32 Å². The van der Waals surface area contributed by atoms with Gasteiger partial charge in [0, 0.05) is 11.9 Å². The van der Waals surface area contributed by atoms with E-state index in [0.717, 1.165) is 5.56 Å². The van der Waals surface area contributed by atoms with E-state index >= 15 is 0 Å². The number of benzene rings is 1. The molecule has 0 radical (unpaired) electrons. The fraction of sp³-hybridized carbons (Fsp3) is 0.333. The van der Waals surface area contributed by atoms with Crippen molar-refractivity contribution >= 4 is 23.5 Å². The molecule has 1 aromatic carbocycles. The second-order valence-corrected chi connectivity index (χ2v) is 4.06. The molecule has 92 valence electrons. The van der Waals surface area contributed by atoms with Crippen molar-refractivity contribution in [2.75, 3.05) is 6.61 Å². The molecule has 0 unspecified atom stereocenters. The summed E-state index contributed by atoms with van der Waals surface area (Å²) in [5, 5.41) is 3.32.